The molecule has 1 aliphatic carbocycles. The number of allylic oxidation sites excluding steroid dienone is 4. The van der Waals surface area contributed by atoms with Crippen LogP contribution in [0.3, 0.4) is 0 Å². The van der Waals surface area contributed by atoms with E-state index in [1.54, 1.807) is 12.2 Å². The first kappa shape index (κ1) is 16.8. The van der Waals surface area contributed by atoms with Gasteiger partial charge in [0.2, 0.25) is 0 Å². The summed E-state index contributed by atoms with van der Waals surface area (Å²) in [6, 6.07) is 0. The van der Waals surface area contributed by atoms with Crippen molar-refractivity contribution >= 4 is 7.12 Å². The van der Waals surface area contributed by atoms with Crippen LogP contribution in [-0.2, 0) is 9.31 Å². The van der Waals surface area contributed by atoms with Gasteiger partial charge in [0.1, 0.15) is 5.83 Å². The quantitative estimate of drug-likeness (QED) is 0.702. The minimum atomic E-state index is -0.444. The van der Waals surface area contributed by atoms with Crippen molar-refractivity contribution in [2.75, 3.05) is 0 Å². The molecule has 0 N–H and O–H groups in total. The van der Waals surface area contributed by atoms with Crippen LogP contribution in [0.2, 0.25) is 0 Å². The number of halogens is 1. The Labute approximate surface area is 128 Å². The fourth-order valence-corrected chi connectivity index (χ4v) is 3.07. The largest absolute Gasteiger partial charge is 0.490 e. The molecular formula is C17H28BFO2. The molecule has 2 aliphatic rings. The van der Waals surface area contributed by atoms with Gasteiger partial charge >= 0.3 is 7.12 Å². The molecule has 2 atom stereocenters. The molecular weight excluding hydrogens is 266 g/mol. The van der Waals surface area contributed by atoms with Gasteiger partial charge in [0.05, 0.1) is 11.2 Å². The second-order valence-corrected chi connectivity index (χ2v) is 7.88. The third kappa shape index (κ3) is 3.27. The Kier molecular flexibility index (Phi) is 4.43. The zero-order chi connectivity index (χ0) is 16.0. The van der Waals surface area contributed by atoms with Crippen LogP contribution in [0, 0.1) is 17.8 Å². The molecule has 0 radical (unpaired) electrons. The molecule has 2 rings (SSSR count). The lowest BCUT2D eigenvalue weighted by Gasteiger charge is -2.32. The molecule has 1 saturated heterocycles. The molecule has 0 amide bonds. The maximum Gasteiger partial charge on any atom is 0.490 e. The highest BCUT2D eigenvalue weighted by Crippen LogP contribution is 2.43. The minimum Gasteiger partial charge on any atom is -0.400 e. The van der Waals surface area contributed by atoms with Gasteiger partial charge in [-0.25, -0.2) is 4.39 Å². The van der Waals surface area contributed by atoms with E-state index in [0.717, 1.165) is 11.9 Å². The summed E-state index contributed by atoms with van der Waals surface area (Å²) in [4.78, 5) is 0. The van der Waals surface area contributed by atoms with E-state index < -0.39 is 7.12 Å². The Balaban J connectivity index is 2.29. The minimum absolute atomic E-state index is 0.173. The highest BCUT2D eigenvalue weighted by atomic mass is 19.1. The second kappa shape index (κ2) is 5.55. The fraction of sp³-hybridized carbons (Fsp3) is 0.765. The lowest BCUT2D eigenvalue weighted by atomic mass is 9.63. The maximum atomic E-state index is 13.9. The molecule has 0 aromatic heterocycles. The van der Waals surface area contributed by atoms with Gasteiger partial charge < -0.3 is 9.31 Å². The molecule has 118 valence electrons. The van der Waals surface area contributed by atoms with Gasteiger partial charge in [0.25, 0.3) is 0 Å². The third-order valence-electron chi connectivity index (χ3n) is 5.04. The first-order valence-corrected chi connectivity index (χ1v) is 7.98. The SMILES string of the molecule is CC(C)CC1C(B2OC(C)(C)C(C)(C)O2)=CC(F)=CC1C. The lowest BCUT2D eigenvalue weighted by Crippen LogP contribution is -2.41. The smallest absolute Gasteiger partial charge is 0.400 e. The Hall–Kier alpha value is -0.605. The standard InChI is InChI=1S/C17H28BFO2/c1-11(2)8-14-12(3)9-13(19)10-15(14)18-20-16(4,5)17(6,7)21-18/h9-12,14H,8H2,1-7H3. The summed E-state index contributed by atoms with van der Waals surface area (Å²) in [5.41, 5.74) is 0.179. The average molecular weight is 294 g/mol. The molecule has 2 unspecified atom stereocenters. The molecule has 21 heavy (non-hydrogen) atoms. The molecule has 2 nitrogen and oxygen atoms in total. The van der Waals surface area contributed by atoms with E-state index in [2.05, 4.69) is 20.8 Å². The van der Waals surface area contributed by atoms with Gasteiger partial charge in [-0.15, -0.1) is 0 Å². The molecule has 0 aromatic carbocycles. The van der Waals surface area contributed by atoms with E-state index in [1.165, 1.54) is 0 Å². The van der Waals surface area contributed by atoms with Gasteiger partial charge in [-0.3, -0.25) is 0 Å². The first-order valence-electron chi connectivity index (χ1n) is 7.98. The third-order valence-corrected chi connectivity index (χ3v) is 5.04. The summed E-state index contributed by atoms with van der Waals surface area (Å²) in [6.07, 6.45) is 4.35. The van der Waals surface area contributed by atoms with E-state index in [9.17, 15) is 4.39 Å². The van der Waals surface area contributed by atoms with Crippen LogP contribution in [0.5, 0.6) is 0 Å². The van der Waals surface area contributed by atoms with Gasteiger partial charge in [-0.1, -0.05) is 20.8 Å². The zero-order valence-corrected chi connectivity index (χ0v) is 14.4. The fourth-order valence-electron chi connectivity index (χ4n) is 3.07. The highest BCUT2D eigenvalue weighted by Gasteiger charge is 2.53. The van der Waals surface area contributed by atoms with Crippen molar-refractivity contribution in [2.45, 2.75) is 66.1 Å². The van der Waals surface area contributed by atoms with Crippen molar-refractivity contribution in [3.8, 4) is 0 Å². The van der Waals surface area contributed by atoms with Crippen molar-refractivity contribution in [1.29, 1.82) is 0 Å². The van der Waals surface area contributed by atoms with Crippen LogP contribution in [0.25, 0.3) is 0 Å². The van der Waals surface area contributed by atoms with Crippen LogP contribution in [0.1, 0.15) is 54.9 Å². The summed E-state index contributed by atoms with van der Waals surface area (Å²) in [5.74, 6) is 0.829. The molecule has 0 saturated carbocycles. The van der Waals surface area contributed by atoms with Crippen LogP contribution >= 0.6 is 0 Å². The van der Waals surface area contributed by atoms with Crippen LogP contribution < -0.4 is 0 Å². The first-order chi connectivity index (χ1) is 9.53. The highest BCUT2D eigenvalue weighted by molar-refractivity contribution is 6.55. The Morgan fingerprint density at radius 1 is 1.19 bits per heavy atom. The van der Waals surface area contributed by atoms with E-state index in [1.807, 2.05) is 27.7 Å². The summed E-state index contributed by atoms with van der Waals surface area (Å²) < 4.78 is 26.2. The maximum absolute atomic E-state index is 13.9. The van der Waals surface area contributed by atoms with E-state index in [4.69, 9.17) is 9.31 Å². The van der Waals surface area contributed by atoms with E-state index >= 15 is 0 Å². The second-order valence-electron chi connectivity index (χ2n) is 7.88. The lowest BCUT2D eigenvalue weighted by molar-refractivity contribution is 0.00578. The molecule has 0 bridgehead atoms. The molecule has 4 heteroatoms. The number of hydrogen-bond donors (Lipinski definition) is 0. The monoisotopic (exact) mass is 294 g/mol. The molecule has 1 heterocycles. The predicted octanol–water partition coefficient (Wildman–Crippen LogP) is 4.71. The summed E-state index contributed by atoms with van der Waals surface area (Å²) in [7, 11) is -0.444. The van der Waals surface area contributed by atoms with Gasteiger partial charge in [-0.2, -0.15) is 0 Å². The van der Waals surface area contributed by atoms with Crippen molar-refractivity contribution in [2.24, 2.45) is 17.8 Å². The van der Waals surface area contributed by atoms with Crippen LogP contribution in [-0.4, -0.2) is 18.3 Å². The van der Waals surface area contributed by atoms with Crippen LogP contribution in [0.4, 0.5) is 4.39 Å². The molecule has 0 spiro atoms. The van der Waals surface area contributed by atoms with Gasteiger partial charge in [0.15, 0.2) is 0 Å². The zero-order valence-electron chi connectivity index (χ0n) is 14.4. The molecule has 0 aromatic rings. The van der Waals surface area contributed by atoms with Crippen molar-refractivity contribution in [3.05, 3.63) is 23.5 Å². The topological polar surface area (TPSA) is 18.5 Å². The average Bonchev–Trinajstić information content (AvgIpc) is 2.51. The Morgan fingerprint density at radius 2 is 1.71 bits per heavy atom. The van der Waals surface area contributed by atoms with Crippen molar-refractivity contribution in [3.63, 3.8) is 0 Å². The van der Waals surface area contributed by atoms with Crippen molar-refractivity contribution in [1.82, 2.24) is 0 Å². The number of rotatable bonds is 3. The summed E-state index contributed by atoms with van der Waals surface area (Å²) >= 11 is 0. The number of hydrogen-bond acceptors (Lipinski definition) is 2. The van der Waals surface area contributed by atoms with E-state index in [0.29, 0.717) is 5.92 Å². The van der Waals surface area contributed by atoms with E-state index in [-0.39, 0.29) is 28.9 Å². The Morgan fingerprint density at radius 3 is 2.19 bits per heavy atom. The van der Waals surface area contributed by atoms with Gasteiger partial charge in [0, 0.05) is 0 Å². The molecule has 1 aliphatic heterocycles. The Bertz CT molecular complexity index is 449. The van der Waals surface area contributed by atoms with Crippen LogP contribution in [0.15, 0.2) is 23.5 Å². The normalized spacial score (nSPS) is 31.4. The summed E-state index contributed by atoms with van der Waals surface area (Å²) in [5, 5.41) is 0. The molecule has 1 fully saturated rings. The van der Waals surface area contributed by atoms with Crippen molar-refractivity contribution < 1.29 is 13.7 Å². The summed E-state index contributed by atoms with van der Waals surface area (Å²) in [6.45, 7) is 14.6. The van der Waals surface area contributed by atoms with Gasteiger partial charge in [-0.05, 0) is 69.5 Å². The predicted molar refractivity (Wildman–Crippen MR) is 85.5 cm³/mol.